The lowest BCUT2D eigenvalue weighted by Gasteiger charge is -2.33. The molecule has 1 N–H and O–H groups in total. The van der Waals surface area contributed by atoms with E-state index in [9.17, 15) is 9.59 Å². The number of fused-ring (bicyclic) bond motifs is 1. The summed E-state index contributed by atoms with van der Waals surface area (Å²) in [6, 6.07) is 24.3. The minimum Gasteiger partial charge on any atom is -0.380 e. The predicted molar refractivity (Wildman–Crippen MR) is 140 cm³/mol. The molecule has 1 amide bonds. The lowest BCUT2D eigenvalue weighted by Crippen LogP contribution is -2.38. The molecular weight excluding hydrogens is 434 g/mol. The maximum absolute atomic E-state index is 13.8. The van der Waals surface area contributed by atoms with Crippen molar-refractivity contribution in [3.63, 3.8) is 0 Å². The van der Waals surface area contributed by atoms with Gasteiger partial charge in [-0.05, 0) is 48.4 Å². The number of carbonyl (C=O) groups excluding carboxylic acids is 2. The van der Waals surface area contributed by atoms with Crippen LogP contribution in [0, 0.1) is 6.92 Å². The van der Waals surface area contributed by atoms with E-state index < -0.39 is 0 Å². The molecule has 0 radical (unpaired) electrons. The molecule has 4 aromatic rings. The first-order valence-corrected chi connectivity index (χ1v) is 12.1. The first-order chi connectivity index (χ1) is 17.2. The molecule has 3 aromatic carbocycles. The highest BCUT2D eigenvalue weighted by Crippen LogP contribution is 2.34. The monoisotopic (exact) mass is 463 g/mol. The number of aldehydes is 1. The average Bonchev–Trinajstić information content (AvgIpc) is 2.92. The lowest BCUT2D eigenvalue weighted by molar-refractivity contribution is 0.0713. The molecule has 1 aliphatic rings. The van der Waals surface area contributed by atoms with Gasteiger partial charge in [0.25, 0.3) is 5.91 Å². The lowest BCUT2D eigenvalue weighted by atomic mass is 9.89. The van der Waals surface area contributed by atoms with Crippen molar-refractivity contribution in [1.82, 2.24) is 9.88 Å². The van der Waals surface area contributed by atoms with Crippen LogP contribution in [0.5, 0.6) is 0 Å². The molecule has 0 saturated carbocycles. The highest BCUT2D eigenvalue weighted by Gasteiger charge is 2.27. The molecule has 1 saturated heterocycles. The molecule has 5 rings (SSSR count). The second-order valence-electron chi connectivity index (χ2n) is 9.18. The third kappa shape index (κ3) is 4.67. The van der Waals surface area contributed by atoms with Crippen molar-refractivity contribution in [2.45, 2.75) is 32.2 Å². The van der Waals surface area contributed by atoms with Gasteiger partial charge in [0.05, 0.1) is 16.8 Å². The Morgan fingerprint density at radius 1 is 1.00 bits per heavy atom. The fourth-order valence-corrected chi connectivity index (χ4v) is 5.03. The Kier molecular flexibility index (Phi) is 6.57. The van der Waals surface area contributed by atoms with E-state index in [-0.39, 0.29) is 5.91 Å². The number of piperidine rings is 1. The van der Waals surface area contributed by atoms with E-state index in [1.807, 2.05) is 42.2 Å². The largest absolute Gasteiger partial charge is 0.380 e. The first-order valence-electron chi connectivity index (χ1n) is 12.1. The van der Waals surface area contributed by atoms with E-state index in [0.29, 0.717) is 42.2 Å². The minimum absolute atomic E-state index is 0.0163. The number of nitrogens with one attached hydrogen (secondary N) is 1. The summed E-state index contributed by atoms with van der Waals surface area (Å²) in [7, 11) is 0. The van der Waals surface area contributed by atoms with Crippen molar-refractivity contribution in [3.8, 4) is 0 Å². The Balaban J connectivity index is 1.47. The summed E-state index contributed by atoms with van der Waals surface area (Å²) >= 11 is 0. The predicted octanol–water partition coefficient (Wildman–Crippen LogP) is 5.99. The fraction of sp³-hybridized carbons (Fsp3) is 0.233. The maximum Gasteiger partial charge on any atom is 0.257 e. The normalized spacial score (nSPS) is 14.1. The van der Waals surface area contributed by atoms with Gasteiger partial charge in [-0.15, -0.1) is 0 Å². The number of carbonyl (C=O) groups is 2. The van der Waals surface area contributed by atoms with Gasteiger partial charge < -0.3 is 10.2 Å². The van der Waals surface area contributed by atoms with Gasteiger partial charge in [0.2, 0.25) is 0 Å². The minimum atomic E-state index is -0.0163. The highest BCUT2D eigenvalue weighted by molar-refractivity contribution is 6.10. The molecule has 5 nitrogen and oxygen atoms in total. The van der Waals surface area contributed by atoms with Crippen molar-refractivity contribution < 1.29 is 9.59 Å². The van der Waals surface area contributed by atoms with Crippen LogP contribution in [0.1, 0.15) is 56.2 Å². The van der Waals surface area contributed by atoms with Crippen LogP contribution in [0.4, 0.5) is 5.69 Å². The van der Waals surface area contributed by atoms with Gasteiger partial charge in [0.1, 0.15) is 0 Å². The van der Waals surface area contributed by atoms with Gasteiger partial charge in [-0.3, -0.25) is 14.6 Å². The summed E-state index contributed by atoms with van der Waals surface area (Å²) in [6.45, 7) is 3.98. The molecular formula is C30H29N3O2. The molecule has 0 aliphatic carbocycles. The van der Waals surface area contributed by atoms with E-state index >= 15 is 0 Å². The van der Waals surface area contributed by atoms with Crippen molar-refractivity contribution in [2.24, 2.45) is 0 Å². The highest BCUT2D eigenvalue weighted by atomic mass is 16.2. The van der Waals surface area contributed by atoms with Gasteiger partial charge in [0, 0.05) is 36.8 Å². The molecule has 1 aromatic heterocycles. The number of hydrogen-bond donors (Lipinski definition) is 1. The number of benzene rings is 3. The van der Waals surface area contributed by atoms with E-state index in [0.717, 1.165) is 41.3 Å². The number of amides is 1. The maximum atomic E-state index is 13.8. The van der Waals surface area contributed by atoms with Crippen molar-refractivity contribution >= 4 is 28.8 Å². The van der Waals surface area contributed by atoms with Gasteiger partial charge in [-0.1, -0.05) is 66.7 Å². The summed E-state index contributed by atoms with van der Waals surface area (Å²) in [6.07, 6.45) is 4.34. The van der Waals surface area contributed by atoms with Crippen LogP contribution >= 0.6 is 0 Å². The van der Waals surface area contributed by atoms with Gasteiger partial charge in [-0.25, -0.2) is 0 Å². The molecule has 0 bridgehead atoms. The van der Waals surface area contributed by atoms with Crippen LogP contribution in [0.3, 0.4) is 0 Å². The molecule has 1 aliphatic heterocycles. The number of aryl methyl sites for hydroxylation is 1. The zero-order valence-corrected chi connectivity index (χ0v) is 19.9. The zero-order chi connectivity index (χ0) is 24.2. The van der Waals surface area contributed by atoms with Crippen molar-refractivity contribution in [2.75, 3.05) is 18.4 Å². The van der Waals surface area contributed by atoms with Crippen LogP contribution in [0.15, 0.2) is 79.0 Å². The smallest absolute Gasteiger partial charge is 0.257 e. The molecule has 1 fully saturated rings. The number of aromatic nitrogens is 1. The Bertz CT molecular complexity index is 1340. The number of rotatable bonds is 6. The topological polar surface area (TPSA) is 62.3 Å². The van der Waals surface area contributed by atoms with E-state index in [1.165, 1.54) is 5.56 Å². The third-order valence-corrected chi connectivity index (χ3v) is 6.98. The van der Waals surface area contributed by atoms with Crippen LogP contribution < -0.4 is 5.32 Å². The van der Waals surface area contributed by atoms with Gasteiger partial charge in [-0.2, -0.15) is 0 Å². The molecule has 176 valence electrons. The standard InChI is InChI=1S/C30H29N3O2/c1-21-12-13-25(20-34)28-27(21)29(31-18-22-8-4-2-5-9-22)26(19-32-28)30(35)33-16-14-24(15-17-33)23-10-6-3-7-11-23/h2-13,19-20,24H,14-18H2,1H3,(H,31,32). The number of pyridine rings is 1. The Morgan fingerprint density at radius 2 is 1.69 bits per heavy atom. The van der Waals surface area contributed by atoms with E-state index in [2.05, 4.69) is 46.7 Å². The Labute approximate surface area is 205 Å². The summed E-state index contributed by atoms with van der Waals surface area (Å²) in [5, 5.41) is 4.35. The molecule has 5 heteroatoms. The van der Waals surface area contributed by atoms with E-state index in [1.54, 1.807) is 12.3 Å². The van der Waals surface area contributed by atoms with Crippen LogP contribution in [0.2, 0.25) is 0 Å². The average molecular weight is 464 g/mol. The Hall–Kier alpha value is -3.99. The second-order valence-corrected chi connectivity index (χ2v) is 9.18. The van der Waals surface area contributed by atoms with Crippen molar-refractivity contribution in [1.29, 1.82) is 0 Å². The van der Waals surface area contributed by atoms with Crippen LogP contribution in [-0.4, -0.2) is 35.2 Å². The summed E-state index contributed by atoms with van der Waals surface area (Å²) in [5.41, 5.74) is 5.88. The summed E-state index contributed by atoms with van der Waals surface area (Å²) in [5.74, 6) is 0.459. The molecule has 35 heavy (non-hydrogen) atoms. The first kappa shape index (κ1) is 22.8. The van der Waals surface area contributed by atoms with Crippen LogP contribution in [0.25, 0.3) is 10.9 Å². The zero-order valence-electron chi connectivity index (χ0n) is 19.9. The molecule has 0 unspecified atom stereocenters. The number of anilines is 1. The SMILES string of the molecule is Cc1ccc(C=O)c2ncc(C(=O)N3CCC(c4ccccc4)CC3)c(NCc3ccccc3)c12. The molecule has 2 heterocycles. The summed E-state index contributed by atoms with van der Waals surface area (Å²) < 4.78 is 0. The fourth-order valence-electron chi connectivity index (χ4n) is 5.03. The second kappa shape index (κ2) is 10.1. The quantitative estimate of drug-likeness (QED) is 0.357. The van der Waals surface area contributed by atoms with Crippen LogP contribution in [-0.2, 0) is 6.54 Å². The third-order valence-electron chi connectivity index (χ3n) is 6.98. The number of nitrogens with zero attached hydrogens (tertiary/aromatic N) is 2. The Morgan fingerprint density at radius 3 is 2.37 bits per heavy atom. The number of likely N-dealkylation sites (tertiary alicyclic amines) is 1. The number of hydrogen-bond acceptors (Lipinski definition) is 4. The molecule has 0 spiro atoms. The van der Waals surface area contributed by atoms with E-state index in [4.69, 9.17) is 0 Å². The van der Waals surface area contributed by atoms with Crippen molar-refractivity contribution in [3.05, 3.63) is 107 Å². The molecule has 0 atom stereocenters. The van der Waals surface area contributed by atoms with Gasteiger partial charge in [0.15, 0.2) is 6.29 Å². The summed E-state index contributed by atoms with van der Waals surface area (Å²) in [4.78, 5) is 32.0. The van der Waals surface area contributed by atoms with Gasteiger partial charge >= 0.3 is 0 Å².